The van der Waals surface area contributed by atoms with Crippen LogP contribution in [-0.2, 0) is 6.54 Å². The molecule has 0 bridgehead atoms. The lowest BCUT2D eigenvalue weighted by molar-refractivity contribution is 0.661. The Labute approximate surface area is 161 Å². The van der Waals surface area contributed by atoms with Gasteiger partial charge in [-0.25, -0.2) is 14.4 Å². The van der Waals surface area contributed by atoms with E-state index >= 15 is 0 Å². The van der Waals surface area contributed by atoms with Gasteiger partial charge >= 0.3 is 0 Å². The molecule has 1 aliphatic heterocycles. The minimum absolute atomic E-state index is 0.195. The molecule has 138 valence electrons. The van der Waals surface area contributed by atoms with E-state index in [0.29, 0.717) is 6.42 Å². The molecule has 0 amide bonds. The first kappa shape index (κ1) is 16.7. The molecule has 5 heteroatoms. The number of allylic oxidation sites excluding steroid dienone is 4. The molecule has 1 aliphatic carbocycles. The third kappa shape index (κ3) is 2.95. The molecule has 0 unspecified atom stereocenters. The van der Waals surface area contributed by atoms with E-state index in [4.69, 9.17) is 4.98 Å². The fourth-order valence-corrected chi connectivity index (χ4v) is 3.81. The molecule has 2 aliphatic rings. The molecule has 4 nitrogen and oxygen atoms in total. The second-order valence-electron chi connectivity index (χ2n) is 6.94. The minimum atomic E-state index is -0.195. The fourth-order valence-electron chi connectivity index (χ4n) is 3.81. The van der Waals surface area contributed by atoms with E-state index in [1.807, 2.05) is 43.0 Å². The highest BCUT2D eigenvalue weighted by molar-refractivity contribution is 5.88. The Hall–Kier alpha value is -3.47. The summed E-state index contributed by atoms with van der Waals surface area (Å²) in [6.45, 7) is 0.727. The molecule has 0 atom stereocenters. The van der Waals surface area contributed by atoms with E-state index in [2.05, 4.69) is 32.7 Å². The number of nitrogens with one attached hydrogen (secondary N) is 1. The highest BCUT2D eigenvalue weighted by Gasteiger charge is 2.17. The van der Waals surface area contributed by atoms with Crippen molar-refractivity contribution in [1.82, 2.24) is 14.5 Å². The Balaban J connectivity index is 1.78. The summed E-state index contributed by atoms with van der Waals surface area (Å²) < 4.78 is 15.7. The molecule has 1 aromatic carbocycles. The summed E-state index contributed by atoms with van der Waals surface area (Å²) in [6.07, 6.45) is 12.0. The summed E-state index contributed by atoms with van der Waals surface area (Å²) in [5, 5.41) is 1.99. The Morgan fingerprint density at radius 1 is 1.07 bits per heavy atom. The SMILES string of the molecule is FC1=CCC(=c2ncn(Cc3ccccc3)c2=C2CC=Nc3[nH]ccc32)C=C1. The number of fused-ring (bicyclic) bond motifs is 1. The number of aromatic amines is 1. The van der Waals surface area contributed by atoms with Crippen LogP contribution in [0.1, 0.15) is 24.0 Å². The normalized spacial score (nSPS) is 19.5. The molecular weight excluding hydrogens is 351 g/mol. The molecule has 1 N–H and O–H groups in total. The van der Waals surface area contributed by atoms with Crippen LogP contribution in [0.15, 0.2) is 78.0 Å². The van der Waals surface area contributed by atoms with Crippen LogP contribution in [0, 0.1) is 0 Å². The van der Waals surface area contributed by atoms with E-state index in [1.165, 1.54) is 17.2 Å². The molecule has 5 rings (SSSR count). The highest BCUT2D eigenvalue weighted by atomic mass is 19.1. The number of hydrogen-bond donors (Lipinski definition) is 1. The van der Waals surface area contributed by atoms with Gasteiger partial charge in [0, 0.05) is 30.9 Å². The van der Waals surface area contributed by atoms with Crippen LogP contribution >= 0.6 is 0 Å². The zero-order valence-electron chi connectivity index (χ0n) is 15.3. The second kappa shape index (κ2) is 6.93. The van der Waals surface area contributed by atoms with Crippen molar-refractivity contribution in [3.8, 4) is 0 Å². The third-order valence-electron chi connectivity index (χ3n) is 5.15. The zero-order chi connectivity index (χ0) is 18.9. The topological polar surface area (TPSA) is 46.0 Å². The lowest BCUT2D eigenvalue weighted by atomic mass is 10.0. The number of H-pyrrole nitrogens is 1. The molecule has 0 spiro atoms. The predicted molar refractivity (Wildman–Crippen MR) is 109 cm³/mol. The average molecular weight is 370 g/mol. The first-order chi connectivity index (χ1) is 13.8. The maximum absolute atomic E-state index is 13.5. The van der Waals surface area contributed by atoms with E-state index in [1.54, 1.807) is 6.08 Å². The van der Waals surface area contributed by atoms with Gasteiger partial charge in [-0.05, 0) is 41.3 Å². The van der Waals surface area contributed by atoms with Gasteiger partial charge in [0.1, 0.15) is 11.6 Å². The number of aromatic nitrogens is 3. The van der Waals surface area contributed by atoms with Crippen LogP contribution in [0.4, 0.5) is 10.2 Å². The van der Waals surface area contributed by atoms with Gasteiger partial charge in [0.25, 0.3) is 0 Å². The molecule has 0 radical (unpaired) electrons. The monoisotopic (exact) mass is 370 g/mol. The van der Waals surface area contributed by atoms with Gasteiger partial charge in [0.05, 0.1) is 17.0 Å². The summed E-state index contributed by atoms with van der Waals surface area (Å²) >= 11 is 0. The Bertz CT molecular complexity index is 1240. The number of hydrogen-bond acceptors (Lipinski definition) is 2. The van der Waals surface area contributed by atoms with Gasteiger partial charge in [-0.1, -0.05) is 36.4 Å². The minimum Gasteiger partial charge on any atom is -0.346 e. The van der Waals surface area contributed by atoms with Crippen LogP contribution in [-0.4, -0.2) is 20.7 Å². The van der Waals surface area contributed by atoms with Crippen LogP contribution < -0.4 is 10.7 Å². The van der Waals surface area contributed by atoms with Crippen molar-refractivity contribution < 1.29 is 4.39 Å². The molecule has 3 aromatic rings. The summed E-state index contributed by atoms with van der Waals surface area (Å²) in [4.78, 5) is 12.4. The molecule has 3 heterocycles. The van der Waals surface area contributed by atoms with Crippen LogP contribution in [0.3, 0.4) is 0 Å². The summed E-state index contributed by atoms with van der Waals surface area (Å²) in [5.74, 6) is 0.675. The molecule has 28 heavy (non-hydrogen) atoms. The van der Waals surface area contributed by atoms with Gasteiger partial charge in [-0.2, -0.15) is 0 Å². The highest BCUT2D eigenvalue weighted by Crippen LogP contribution is 2.28. The molecular formula is C23H19FN4. The van der Waals surface area contributed by atoms with Gasteiger partial charge in [-0.3, -0.25) is 0 Å². The van der Waals surface area contributed by atoms with Crippen molar-refractivity contribution in [3.05, 3.63) is 94.8 Å². The van der Waals surface area contributed by atoms with E-state index in [-0.39, 0.29) is 5.83 Å². The van der Waals surface area contributed by atoms with Crippen molar-refractivity contribution in [2.24, 2.45) is 4.99 Å². The number of imidazole rings is 1. The number of rotatable bonds is 2. The van der Waals surface area contributed by atoms with Crippen LogP contribution in [0.2, 0.25) is 0 Å². The summed E-state index contributed by atoms with van der Waals surface area (Å²) in [5.41, 5.74) is 4.52. The number of benzene rings is 1. The lowest BCUT2D eigenvalue weighted by Crippen LogP contribution is -2.35. The standard InChI is InChI=1S/C23H19FN4/c24-18-8-6-17(7-9-18)21-22(19-10-12-25-23-20(19)11-13-26-23)28(15-27-21)14-16-4-2-1-3-5-16/h1-6,8-9,11-13,15,26H,7,10,14H2. The van der Waals surface area contributed by atoms with Crippen molar-refractivity contribution in [3.63, 3.8) is 0 Å². The summed E-state index contributed by atoms with van der Waals surface area (Å²) in [6, 6.07) is 12.4. The first-order valence-electron chi connectivity index (χ1n) is 9.35. The van der Waals surface area contributed by atoms with E-state index in [9.17, 15) is 4.39 Å². The largest absolute Gasteiger partial charge is 0.346 e. The molecule has 0 fully saturated rings. The van der Waals surface area contributed by atoms with Gasteiger partial charge in [-0.15, -0.1) is 0 Å². The predicted octanol–water partition coefficient (Wildman–Crippen LogP) is 3.53. The average Bonchev–Trinajstić information content (AvgIpc) is 3.36. The Kier molecular flexibility index (Phi) is 4.13. The molecule has 0 saturated heterocycles. The second-order valence-corrected chi connectivity index (χ2v) is 6.94. The lowest BCUT2D eigenvalue weighted by Gasteiger charge is -2.12. The Morgan fingerprint density at radius 2 is 1.96 bits per heavy atom. The maximum Gasteiger partial charge on any atom is 0.137 e. The molecule has 0 saturated carbocycles. The number of halogens is 1. The summed E-state index contributed by atoms with van der Waals surface area (Å²) in [7, 11) is 0. The van der Waals surface area contributed by atoms with Gasteiger partial charge in [0.15, 0.2) is 0 Å². The van der Waals surface area contributed by atoms with Crippen molar-refractivity contribution in [1.29, 1.82) is 0 Å². The zero-order valence-corrected chi connectivity index (χ0v) is 15.3. The van der Waals surface area contributed by atoms with Crippen molar-refractivity contribution in [2.75, 3.05) is 0 Å². The maximum atomic E-state index is 13.5. The van der Waals surface area contributed by atoms with E-state index < -0.39 is 0 Å². The quantitative estimate of drug-likeness (QED) is 0.737. The number of nitrogens with zero attached hydrogens (tertiary/aromatic N) is 3. The fraction of sp³-hybridized carbons (Fsp3) is 0.130. The van der Waals surface area contributed by atoms with Crippen LogP contribution in [0.25, 0.3) is 11.1 Å². The van der Waals surface area contributed by atoms with Crippen molar-refractivity contribution >= 4 is 23.2 Å². The van der Waals surface area contributed by atoms with Gasteiger partial charge < -0.3 is 9.55 Å². The third-order valence-corrected chi connectivity index (χ3v) is 5.15. The van der Waals surface area contributed by atoms with Crippen LogP contribution in [0.5, 0.6) is 0 Å². The first-order valence-corrected chi connectivity index (χ1v) is 9.35. The van der Waals surface area contributed by atoms with Crippen molar-refractivity contribution in [2.45, 2.75) is 19.4 Å². The number of aliphatic imine (C=N–C) groups is 1. The van der Waals surface area contributed by atoms with E-state index in [0.717, 1.165) is 40.6 Å². The smallest absolute Gasteiger partial charge is 0.137 e. The van der Waals surface area contributed by atoms with Gasteiger partial charge in [0.2, 0.25) is 0 Å². The molecule has 2 aromatic heterocycles. The Morgan fingerprint density at radius 3 is 2.79 bits per heavy atom.